The number of aryl methyl sites for hydroxylation is 2. The number of carbonyl (C=O) groups is 1. The van der Waals surface area contributed by atoms with Gasteiger partial charge in [0.05, 0.1) is 6.61 Å². The zero-order chi connectivity index (χ0) is 16.7. The number of rotatable bonds is 6. The zero-order valence-corrected chi connectivity index (χ0v) is 13.6. The lowest BCUT2D eigenvalue weighted by atomic mass is 10.1. The molecule has 0 aliphatic heterocycles. The topological polar surface area (TPSA) is 76.4 Å². The molecule has 5 nitrogen and oxygen atoms in total. The van der Waals surface area contributed by atoms with Crippen molar-refractivity contribution < 1.29 is 9.53 Å². The van der Waals surface area contributed by atoms with Gasteiger partial charge in [-0.3, -0.25) is 0 Å². The smallest absolute Gasteiger partial charge is 0.319 e. The molecule has 2 aromatic carbocycles. The summed E-state index contributed by atoms with van der Waals surface area (Å²) in [6, 6.07) is 12.9. The van der Waals surface area contributed by atoms with E-state index in [4.69, 9.17) is 10.5 Å². The number of nitrogens with two attached hydrogens (primary N) is 1. The highest BCUT2D eigenvalue weighted by Gasteiger charge is 2.04. The lowest BCUT2D eigenvalue weighted by molar-refractivity contribution is 0.250. The summed E-state index contributed by atoms with van der Waals surface area (Å²) in [5.41, 5.74) is 9.22. The second-order valence-corrected chi connectivity index (χ2v) is 5.43. The Hall–Kier alpha value is -2.69. The summed E-state index contributed by atoms with van der Waals surface area (Å²) >= 11 is 0. The molecule has 4 N–H and O–H groups in total. The molecule has 0 saturated carbocycles. The number of amides is 2. The van der Waals surface area contributed by atoms with E-state index in [0.29, 0.717) is 24.5 Å². The number of nitrogens with one attached hydrogen (secondary N) is 2. The minimum Gasteiger partial charge on any atom is -0.493 e. The fraction of sp³-hybridized carbons (Fsp3) is 0.278. The van der Waals surface area contributed by atoms with Crippen LogP contribution in [0.2, 0.25) is 0 Å². The van der Waals surface area contributed by atoms with Gasteiger partial charge in [0.15, 0.2) is 0 Å². The molecule has 0 saturated heterocycles. The van der Waals surface area contributed by atoms with Crippen LogP contribution < -0.4 is 21.1 Å². The fourth-order valence-corrected chi connectivity index (χ4v) is 2.22. The van der Waals surface area contributed by atoms with Crippen molar-refractivity contribution in [1.29, 1.82) is 0 Å². The van der Waals surface area contributed by atoms with Gasteiger partial charge < -0.3 is 21.1 Å². The molecular formula is C18H23N3O2. The molecule has 2 amide bonds. The molecule has 0 heterocycles. The Morgan fingerprint density at radius 2 is 1.74 bits per heavy atom. The number of nitrogen functional groups attached to an aromatic ring is 1. The van der Waals surface area contributed by atoms with Crippen LogP contribution in [0.15, 0.2) is 42.5 Å². The van der Waals surface area contributed by atoms with E-state index in [1.54, 1.807) is 24.3 Å². The molecule has 5 heteroatoms. The Bertz CT molecular complexity index is 634. The normalized spacial score (nSPS) is 10.2. The summed E-state index contributed by atoms with van der Waals surface area (Å²) in [5.74, 6) is 0.929. The Balaban J connectivity index is 1.67. The number of hydrogen-bond acceptors (Lipinski definition) is 3. The molecule has 0 bridgehead atoms. The first-order valence-corrected chi connectivity index (χ1v) is 7.65. The van der Waals surface area contributed by atoms with E-state index >= 15 is 0 Å². The van der Waals surface area contributed by atoms with Gasteiger partial charge in [0.2, 0.25) is 0 Å². The summed E-state index contributed by atoms with van der Waals surface area (Å²) in [4.78, 5) is 11.7. The Morgan fingerprint density at radius 1 is 1.09 bits per heavy atom. The van der Waals surface area contributed by atoms with Crippen LogP contribution in [0.25, 0.3) is 0 Å². The summed E-state index contributed by atoms with van der Waals surface area (Å²) in [6.45, 7) is 5.17. The van der Waals surface area contributed by atoms with Gasteiger partial charge in [-0.1, -0.05) is 18.2 Å². The van der Waals surface area contributed by atoms with Gasteiger partial charge in [-0.25, -0.2) is 4.79 Å². The number of ether oxygens (including phenoxy) is 1. The van der Waals surface area contributed by atoms with E-state index in [1.165, 1.54) is 0 Å². The maximum atomic E-state index is 11.7. The van der Waals surface area contributed by atoms with Crippen LogP contribution in [0.1, 0.15) is 17.5 Å². The third kappa shape index (κ3) is 5.21. The molecule has 2 aromatic rings. The third-order valence-corrected chi connectivity index (χ3v) is 3.43. The zero-order valence-electron chi connectivity index (χ0n) is 13.6. The molecule has 0 spiro atoms. The number of urea groups is 1. The van der Waals surface area contributed by atoms with Crippen molar-refractivity contribution >= 4 is 17.4 Å². The van der Waals surface area contributed by atoms with Crippen molar-refractivity contribution in [1.82, 2.24) is 5.32 Å². The van der Waals surface area contributed by atoms with E-state index in [2.05, 4.69) is 10.6 Å². The highest BCUT2D eigenvalue weighted by Crippen LogP contribution is 2.22. The van der Waals surface area contributed by atoms with E-state index < -0.39 is 0 Å². The number of anilines is 2. The first-order valence-electron chi connectivity index (χ1n) is 7.65. The van der Waals surface area contributed by atoms with Gasteiger partial charge in [0.1, 0.15) is 5.75 Å². The monoisotopic (exact) mass is 313 g/mol. The largest absolute Gasteiger partial charge is 0.493 e. The standard InChI is InChI=1S/C18H23N3O2/c1-13-5-3-6-14(2)17(13)23-12-4-11-20-18(22)21-16-9-7-15(19)8-10-16/h3,5-10H,4,11-12,19H2,1-2H3,(H2,20,21,22). The number of benzene rings is 2. The average molecular weight is 313 g/mol. The predicted octanol–water partition coefficient (Wildman–Crippen LogP) is 3.48. The van der Waals surface area contributed by atoms with Gasteiger partial charge in [-0.05, 0) is 55.7 Å². The van der Waals surface area contributed by atoms with Crippen LogP contribution in [0.5, 0.6) is 5.75 Å². The maximum Gasteiger partial charge on any atom is 0.319 e. The Labute approximate surface area is 136 Å². The molecule has 0 fully saturated rings. The van der Waals surface area contributed by atoms with Crippen molar-refractivity contribution in [3.8, 4) is 5.75 Å². The Morgan fingerprint density at radius 3 is 2.39 bits per heavy atom. The van der Waals surface area contributed by atoms with E-state index in [9.17, 15) is 4.79 Å². The highest BCUT2D eigenvalue weighted by molar-refractivity contribution is 5.89. The van der Waals surface area contributed by atoms with Crippen molar-refractivity contribution in [2.24, 2.45) is 0 Å². The lowest BCUT2D eigenvalue weighted by Crippen LogP contribution is -2.30. The molecule has 0 unspecified atom stereocenters. The number of carbonyl (C=O) groups excluding carboxylic acids is 1. The lowest BCUT2D eigenvalue weighted by Gasteiger charge is -2.12. The molecule has 0 aliphatic rings. The molecule has 0 radical (unpaired) electrons. The van der Waals surface area contributed by atoms with Gasteiger partial charge >= 0.3 is 6.03 Å². The molecule has 23 heavy (non-hydrogen) atoms. The predicted molar refractivity (Wildman–Crippen MR) is 93.9 cm³/mol. The quantitative estimate of drug-likeness (QED) is 0.564. The Kier molecular flexibility index (Phi) is 5.86. The maximum absolute atomic E-state index is 11.7. The fourth-order valence-electron chi connectivity index (χ4n) is 2.22. The summed E-state index contributed by atoms with van der Waals surface area (Å²) in [5, 5.41) is 5.55. The van der Waals surface area contributed by atoms with Crippen LogP contribution in [0.3, 0.4) is 0 Å². The summed E-state index contributed by atoms with van der Waals surface area (Å²) in [7, 11) is 0. The second kappa shape index (κ2) is 8.08. The minimum absolute atomic E-state index is 0.234. The van der Waals surface area contributed by atoms with Gasteiger partial charge in [-0.15, -0.1) is 0 Å². The highest BCUT2D eigenvalue weighted by atomic mass is 16.5. The van der Waals surface area contributed by atoms with E-state index in [1.807, 2.05) is 32.0 Å². The van der Waals surface area contributed by atoms with Crippen LogP contribution in [0, 0.1) is 13.8 Å². The van der Waals surface area contributed by atoms with Crippen LogP contribution in [-0.4, -0.2) is 19.2 Å². The summed E-state index contributed by atoms with van der Waals surface area (Å²) in [6.07, 6.45) is 0.739. The van der Waals surface area contributed by atoms with Crippen molar-refractivity contribution in [2.45, 2.75) is 20.3 Å². The van der Waals surface area contributed by atoms with Crippen LogP contribution >= 0.6 is 0 Å². The molecule has 0 atom stereocenters. The van der Waals surface area contributed by atoms with Crippen LogP contribution in [-0.2, 0) is 0 Å². The first kappa shape index (κ1) is 16.7. The van der Waals surface area contributed by atoms with Crippen molar-refractivity contribution in [3.05, 3.63) is 53.6 Å². The average Bonchev–Trinajstić information content (AvgIpc) is 2.52. The minimum atomic E-state index is -0.234. The third-order valence-electron chi connectivity index (χ3n) is 3.43. The van der Waals surface area contributed by atoms with Crippen molar-refractivity contribution in [2.75, 3.05) is 24.2 Å². The number of para-hydroxylation sites is 1. The van der Waals surface area contributed by atoms with Gasteiger partial charge in [-0.2, -0.15) is 0 Å². The van der Waals surface area contributed by atoms with E-state index in [-0.39, 0.29) is 6.03 Å². The summed E-state index contributed by atoms with van der Waals surface area (Å²) < 4.78 is 5.80. The molecule has 0 aromatic heterocycles. The SMILES string of the molecule is Cc1cccc(C)c1OCCCNC(=O)Nc1ccc(N)cc1. The molecular weight excluding hydrogens is 290 g/mol. The second-order valence-electron chi connectivity index (χ2n) is 5.43. The van der Waals surface area contributed by atoms with Crippen molar-refractivity contribution in [3.63, 3.8) is 0 Å². The van der Waals surface area contributed by atoms with E-state index in [0.717, 1.165) is 23.3 Å². The molecule has 122 valence electrons. The molecule has 2 rings (SSSR count). The number of hydrogen-bond donors (Lipinski definition) is 3. The first-order chi connectivity index (χ1) is 11.1. The van der Waals surface area contributed by atoms with Gasteiger partial charge in [0, 0.05) is 17.9 Å². The molecule has 0 aliphatic carbocycles. The van der Waals surface area contributed by atoms with Gasteiger partial charge in [0.25, 0.3) is 0 Å². The van der Waals surface area contributed by atoms with Crippen LogP contribution in [0.4, 0.5) is 16.2 Å².